The van der Waals surface area contributed by atoms with Crippen LogP contribution in [0.2, 0.25) is 0 Å². The number of aromatic amines is 1. The summed E-state index contributed by atoms with van der Waals surface area (Å²) in [5, 5.41) is 1.11. The number of hydrogen-bond donors (Lipinski definition) is 1. The fraction of sp³-hybridized carbons (Fsp3) is 0.444. The summed E-state index contributed by atoms with van der Waals surface area (Å²) in [5.74, 6) is 0.124. The lowest BCUT2D eigenvalue weighted by Crippen LogP contribution is -2.36. The van der Waals surface area contributed by atoms with E-state index in [1.807, 2.05) is 34.9 Å². The van der Waals surface area contributed by atoms with E-state index < -0.39 is 0 Å². The second-order valence-electron chi connectivity index (χ2n) is 6.25. The van der Waals surface area contributed by atoms with Crippen molar-refractivity contribution in [1.29, 1.82) is 0 Å². The molecule has 0 aliphatic carbocycles. The van der Waals surface area contributed by atoms with E-state index in [9.17, 15) is 9.59 Å². The Kier molecular flexibility index (Phi) is 4.11. The smallest absolute Gasteiger partial charge is 0.256 e. The number of benzene rings is 1. The van der Waals surface area contributed by atoms with Crippen LogP contribution in [-0.4, -0.2) is 52.8 Å². The number of nitrogens with one attached hydrogen (secondary N) is 1. The number of carbonyl (C=O) groups excluding carboxylic acids is 2. The Hall–Kier alpha value is -2.30. The zero-order chi connectivity index (χ0) is 16.6. The van der Waals surface area contributed by atoms with Crippen molar-refractivity contribution in [2.45, 2.75) is 27.2 Å². The molecule has 0 saturated carbocycles. The van der Waals surface area contributed by atoms with Gasteiger partial charge >= 0.3 is 0 Å². The third-order valence-electron chi connectivity index (χ3n) is 4.80. The van der Waals surface area contributed by atoms with E-state index >= 15 is 0 Å². The van der Waals surface area contributed by atoms with E-state index in [0.29, 0.717) is 19.6 Å². The molecule has 1 aromatic carbocycles. The molecule has 1 aliphatic rings. The van der Waals surface area contributed by atoms with Gasteiger partial charge in [-0.1, -0.05) is 12.1 Å². The number of nitrogens with zero attached hydrogens (tertiary/aromatic N) is 2. The van der Waals surface area contributed by atoms with Gasteiger partial charge in [0.15, 0.2) is 0 Å². The van der Waals surface area contributed by atoms with Crippen LogP contribution < -0.4 is 0 Å². The van der Waals surface area contributed by atoms with Gasteiger partial charge in [0.05, 0.1) is 11.1 Å². The summed E-state index contributed by atoms with van der Waals surface area (Å²) in [5.41, 5.74) is 3.92. The molecule has 2 aromatic rings. The minimum atomic E-state index is 0.0438. The molecule has 1 aromatic heterocycles. The summed E-state index contributed by atoms with van der Waals surface area (Å²) in [4.78, 5) is 31.5. The lowest BCUT2D eigenvalue weighted by Gasteiger charge is -2.21. The molecule has 3 rings (SSSR count). The number of para-hydroxylation sites is 1. The number of aryl methyl sites for hydroxylation is 2. The Morgan fingerprint density at radius 3 is 2.48 bits per heavy atom. The number of H-pyrrole nitrogens is 1. The maximum Gasteiger partial charge on any atom is 0.256 e. The Morgan fingerprint density at radius 1 is 1.04 bits per heavy atom. The van der Waals surface area contributed by atoms with Crippen LogP contribution in [0.4, 0.5) is 0 Å². The van der Waals surface area contributed by atoms with Crippen LogP contribution in [0, 0.1) is 13.8 Å². The minimum absolute atomic E-state index is 0.0438. The second-order valence-corrected chi connectivity index (χ2v) is 6.25. The van der Waals surface area contributed by atoms with Crippen molar-refractivity contribution in [3.8, 4) is 0 Å². The van der Waals surface area contributed by atoms with E-state index in [2.05, 4.69) is 11.9 Å². The van der Waals surface area contributed by atoms with Gasteiger partial charge in [-0.25, -0.2) is 0 Å². The van der Waals surface area contributed by atoms with Gasteiger partial charge in [0, 0.05) is 44.2 Å². The predicted molar refractivity (Wildman–Crippen MR) is 90.5 cm³/mol. The fourth-order valence-electron chi connectivity index (χ4n) is 3.27. The predicted octanol–water partition coefficient (Wildman–Crippen LogP) is 2.48. The summed E-state index contributed by atoms with van der Waals surface area (Å²) in [6, 6.07) is 5.87. The molecule has 0 bridgehead atoms. The lowest BCUT2D eigenvalue weighted by molar-refractivity contribution is -0.128. The molecule has 1 saturated heterocycles. The van der Waals surface area contributed by atoms with Crippen LogP contribution in [-0.2, 0) is 4.79 Å². The summed E-state index contributed by atoms with van der Waals surface area (Å²) < 4.78 is 0. The van der Waals surface area contributed by atoms with Crippen molar-refractivity contribution >= 4 is 22.7 Å². The molecule has 5 heteroatoms. The maximum atomic E-state index is 13.0. The van der Waals surface area contributed by atoms with Crippen LogP contribution in [0.25, 0.3) is 10.9 Å². The van der Waals surface area contributed by atoms with Crippen molar-refractivity contribution in [2.24, 2.45) is 0 Å². The molecule has 122 valence electrons. The van der Waals surface area contributed by atoms with Gasteiger partial charge in [-0.05, 0) is 31.9 Å². The zero-order valence-corrected chi connectivity index (χ0v) is 14.0. The van der Waals surface area contributed by atoms with Crippen molar-refractivity contribution in [3.05, 3.63) is 35.0 Å². The molecular weight excluding hydrogens is 290 g/mol. The maximum absolute atomic E-state index is 13.0. The highest BCUT2D eigenvalue weighted by Gasteiger charge is 2.23. The number of fused-ring (bicyclic) bond motifs is 1. The monoisotopic (exact) mass is 313 g/mol. The average Bonchev–Trinajstić information content (AvgIpc) is 2.72. The van der Waals surface area contributed by atoms with Gasteiger partial charge in [0.2, 0.25) is 5.91 Å². The van der Waals surface area contributed by atoms with Crippen LogP contribution in [0.3, 0.4) is 0 Å². The first-order valence-electron chi connectivity index (χ1n) is 8.11. The van der Waals surface area contributed by atoms with Gasteiger partial charge in [-0.2, -0.15) is 0 Å². The Labute approximate surface area is 136 Å². The normalized spacial score (nSPS) is 15.8. The molecule has 1 aliphatic heterocycles. The van der Waals surface area contributed by atoms with Gasteiger partial charge < -0.3 is 14.8 Å². The van der Waals surface area contributed by atoms with Crippen LogP contribution in [0.5, 0.6) is 0 Å². The molecule has 5 nitrogen and oxygen atoms in total. The van der Waals surface area contributed by atoms with E-state index in [4.69, 9.17) is 0 Å². The Balaban J connectivity index is 1.89. The first-order chi connectivity index (χ1) is 11.0. The molecular formula is C18H23N3O2. The molecule has 23 heavy (non-hydrogen) atoms. The van der Waals surface area contributed by atoms with Gasteiger partial charge in [-0.15, -0.1) is 0 Å². The lowest BCUT2D eigenvalue weighted by atomic mass is 10.1. The standard InChI is InChI=1S/C18H23N3O2/c1-12-13(2)19-17-15(12)6-4-7-16(17)18(23)21-9-5-8-20(10-11-21)14(3)22/h4,6-7,19H,5,8-11H2,1-3H3. The SMILES string of the molecule is CC(=O)N1CCCN(C(=O)c2cccc3c(C)c(C)[nH]c23)CC1. The number of rotatable bonds is 1. The van der Waals surface area contributed by atoms with Gasteiger partial charge in [0.1, 0.15) is 0 Å². The van der Waals surface area contributed by atoms with Gasteiger partial charge in [-0.3, -0.25) is 9.59 Å². The van der Waals surface area contributed by atoms with E-state index in [-0.39, 0.29) is 11.8 Å². The number of aromatic nitrogens is 1. The summed E-state index contributed by atoms with van der Waals surface area (Å²) in [6.07, 6.45) is 0.823. The average molecular weight is 313 g/mol. The topological polar surface area (TPSA) is 56.4 Å². The van der Waals surface area contributed by atoms with Gasteiger partial charge in [0.25, 0.3) is 5.91 Å². The van der Waals surface area contributed by atoms with Crippen molar-refractivity contribution in [3.63, 3.8) is 0 Å². The first-order valence-corrected chi connectivity index (χ1v) is 8.11. The van der Waals surface area contributed by atoms with Crippen molar-refractivity contribution in [2.75, 3.05) is 26.2 Å². The highest BCUT2D eigenvalue weighted by molar-refractivity contribution is 6.06. The summed E-state index contributed by atoms with van der Waals surface area (Å²) in [7, 11) is 0. The van der Waals surface area contributed by atoms with E-state index in [1.54, 1.807) is 6.92 Å². The molecule has 0 spiro atoms. The van der Waals surface area contributed by atoms with Crippen molar-refractivity contribution < 1.29 is 9.59 Å². The molecule has 0 unspecified atom stereocenters. The fourth-order valence-corrected chi connectivity index (χ4v) is 3.27. The zero-order valence-electron chi connectivity index (χ0n) is 14.0. The summed E-state index contributed by atoms with van der Waals surface area (Å²) >= 11 is 0. The molecule has 2 amide bonds. The molecule has 2 heterocycles. The minimum Gasteiger partial charge on any atom is -0.358 e. The molecule has 1 fully saturated rings. The van der Waals surface area contributed by atoms with Crippen molar-refractivity contribution in [1.82, 2.24) is 14.8 Å². The number of amides is 2. The number of carbonyl (C=O) groups is 2. The summed E-state index contributed by atoms with van der Waals surface area (Å²) in [6.45, 7) is 8.30. The second kappa shape index (κ2) is 6.07. The first kappa shape index (κ1) is 15.6. The quantitative estimate of drug-likeness (QED) is 0.879. The Bertz CT molecular complexity index is 763. The third-order valence-corrected chi connectivity index (χ3v) is 4.80. The highest BCUT2D eigenvalue weighted by Crippen LogP contribution is 2.25. The molecule has 1 N–H and O–H groups in total. The highest BCUT2D eigenvalue weighted by atomic mass is 16.2. The molecule has 0 radical (unpaired) electrons. The Morgan fingerprint density at radius 2 is 1.74 bits per heavy atom. The van der Waals surface area contributed by atoms with E-state index in [1.165, 1.54) is 5.56 Å². The third kappa shape index (κ3) is 2.83. The number of hydrogen-bond acceptors (Lipinski definition) is 2. The van der Waals surface area contributed by atoms with E-state index in [0.717, 1.165) is 35.1 Å². The van der Waals surface area contributed by atoms with Crippen LogP contribution >= 0.6 is 0 Å². The largest absolute Gasteiger partial charge is 0.358 e. The van der Waals surface area contributed by atoms with Crippen LogP contribution in [0.1, 0.15) is 35.0 Å². The molecule has 0 atom stereocenters. The van der Waals surface area contributed by atoms with Crippen LogP contribution in [0.15, 0.2) is 18.2 Å².